The van der Waals surface area contributed by atoms with Crippen LogP contribution in [0.15, 0.2) is 25.0 Å². The summed E-state index contributed by atoms with van der Waals surface area (Å²) in [6.45, 7) is 5.16. The molecule has 1 aromatic heterocycles. The Labute approximate surface area is 111 Å². The van der Waals surface area contributed by atoms with Crippen molar-refractivity contribution in [3.63, 3.8) is 0 Å². The molecule has 0 aliphatic carbocycles. The topological polar surface area (TPSA) is 78.1 Å². The zero-order chi connectivity index (χ0) is 13.7. The first-order valence-electron chi connectivity index (χ1n) is 6.34. The van der Waals surface area contributed by atoms with Gasteiger partial charge in [0.1, 0.15) is 0 Å². The SMILES string of the molecule is C=CCN1C[C@H](C(=O)NCCc2cn[nH]c2)CC1=O. The van der Waals surface area contributed by atoms with Crippen molar-refractivity contribution in [3.8, 4) is 0 Å². The van der Waals surface area contributed by atoms with E-state index in [1.54, 1.807) is 23.4 Å². The van der Waals surface area contributed by atoms with E-state index in [0.717, 1.165) is 12.0 Å². The molecule has 1 aliphatic rings. The van der Waals surface area contributed by atoms with Gasteiger partial charge in [-0.1, -0.05) is 6.08 Å². The summed E-state index contributed by atoms with van der Waals surface area (Å²) in [5.74, 6) is -0.268. The van der Waals surface area contributed by atoms with Crippen molar-refractivity contribution in [1.82, 2.24) is 20.4 Å². The molecule has 6 nitrogen and oxygen atoms in total. The quantitative estimate of drug-likeness (QED) is 0.714. The van der Waals surface area contributed by atoms with Gasteiger partial charge in [-0.2, -0.15) is 5.10 Å². The third kappa shape index (κ3) is 3.43. The standard InChI is InChI=1S/C13H18N4O2/c1-2-5-17-9-11(6-12(17)18)13(19)14-4-3-10-7-15-16-8-10/h2,7-8,11H,1,3-6,9H2,(H,14,19)(H,15,16)/t11-/m1/s1. The summed E-state index contributed by atoms with van der Waals surface area (Å²) in [4.78, 5) is 25.2. The summed E-state index contributed by atoms with van der Waals surface area (Å²) in [6, 6.07) is 0. The maximum absolute atomic E-state index is 11.9. The Morgan fingerprint density at radius 1 is 1.68 bits per heavy atom. The maximum Gasteiger partial charge on any atom is 0.225 e. The summed E-state index contributed by atoms with van der Waals surface area (Å²) < 4.78 is 0. The van der Waals surface area contributed by atoms with Crippen molar-refractivity contribution in [2.45, 2.75) is 12.8 Å². The van der Waals surface area contributed by atoms with Crippen molar-refractivity contribution >= 4 is 11.8 Å². The Kier molecular flexibility index (Phi) is 4.33. The maximum atomic E-state index is 11.9. The third-order valence-corrected chi connectivity index (χ3v) is 3.20. The summed E-state index contributed by atoms with van der Waals surface area (Å²) in [7, 11) is 0. The first-order chi connectivity index (χ1) is 9.20. The molecule has 0 unspecified atom stereocenters. The molecule has 19 heavy (non-hydrogen) atoms. The number of nitrogens with zero attached hydrogens (tertiary/aromatic N) is 2. The average molecular weight is 262 g/mol. The zero-order valence-electron chi connectivity index (χ0n) is 10.8. The van der Waals surface area contributed by atoms with Crippen molar-refractivity contribution in [2.75, 3.05) is 19.6 Å². The number of amides is 2. The van der Waals surface area contributed by atoms with Gasteiger partial charge in [0.25, 0.3) is 0 Å². The van der Waals surface area contributed by atoms with Gasteiger partial charge >= 0.3 is 0 Å². The number of aromatic nitrogens is 2. The highest BCUT2D eigenvalue weighted by atomic mass is 16.2. The lowest BCUT2D eigenvalue weighted by Gasteiger charge is -2.13. The molecule has 2 N–H and O–H groups in total. The molecule has 1 atom stereocenters. The molecule has 2 rings (SSSR count). The number of hydrogen-bond donors (Lipinski definition) is 2. The van der Waals surface area contributed by atoms with E-state index < -0.39 is 0 Å². The largest absolute Gasteiger partial charge is 0.355 e. The summed E-state index contributed by atoms with van der Waals surface area (Å²) >= 11 is 0. The summed E-state index contributed by atoms with van der Waals surface area (Å²) in [5.41, 5.74) is 1.05. The van der Waals surface area contributed by atoms with Gasteiger partial charge < -0.3 is 10.2 Å². The van der Waals surface area contributed by atoms with Crippen LogP contribution in [-0.2, 0) is 16.0 Å². The Morgan fingerprint density at radius 3 is 3.21 bits per heavy atom. The van der Waals surface area contributed by atoms with Crippen LogP contribution in [0.2, 0.25) is 0 Å². The smallest absolute Gasteiger partial charge is 0.225 e. The van der Waals surface area contributed by atoms with E-state index in [9.17, 15) is 9.59 Å². The lowest BCUT2D eigenvalue weighted by molar-refractivity contribution is -0.128. The number of carbonyl (C=O) groups excluding carboxylic acids is 2. The molecule has 0 bridgehead atoms. The number of hydrogen-bond acceptors (Lipinski definition) is 3. The highest BCUT2D eigenvalue weighted by Crippen LogP contribution is 2.17. The van der Waals surface area contributed by atoms with Gasteiger partial charge in [0, 0.05) is 32.3 Å². The Bertz CT molecular complexity index is 455. The second-order valence-electron chi connectivity index (χ2n) is 4.64. The highest BCUT2D eigenvalue weighted by Gasteiger charge is 2.33. The molecule has 2 heterocycles. The molecule has 0 saturated carbocycles. The third-order valence-electron chi connectivity index (χ3n) is 3.20. The molecule has 1 saturated heterocycles. The van der Waals surface area contributed by atoms with E-state index in [4.69, 9.17) is 0 Å². The predicted molar refractivity (Wildman–Crippen MR) is 70.2 cm³/mol. The lowest BCUT2D eigenvalue weighted by Crippen LogP contribution is -2.34. The molecular weight excluding hydrogens is 244 g/mol. The van der Waals surface area contributed by atoms with E-state index in [0.29, 0.717) is 26.1 Å². The van der Waals surface area contributed by atoms with Gasteiger partial charge in [-0.25, -0.2) is 0 Å². The molecule has 0 aromatic carbocycles. The van der Waals surface area contributed by atoms with Crippen molar-refractivity contribution < 1.29 is 9.59 Å². The monoisotopic (exact) mass is 262 g/mol. The molecule has 102 valence electrons. The molecule has 0 spiro atoms. The van der Waals surface area contributed by atoms with Crippen LogP contribution < -0.4 is 5.32 Å². The van der Waals surface area contributed by atoms with Crippen LogP contribution in [0, 0.1) is 5.92 Å². The molecule has 1 fully saturated rings. The Balaban J connectivity index is 1.74. The first kappa shape index (κ1) is 13.3. The fourth-order valence-electron chi connectivity index (χ4n) is 2.17. The van der Waals surface area contributed by atoms with Crippen molar-refractivity contribution in [1.29, 1.82) is 0 Å². The summed E-state index contributed by atoms with van der Waals surface area (Å²) in [5, 5.41) is 9.43. The van der Waals surface area contributed by atoms with Crippen molar-refractivity contribution in [2.24, 2.45) is 5.92 Å². The van der Waals surface area contributed by atoms with E-state index in [1.807, 2.05) is 0 Å². The molecule has 0 radical (unpaired) electrons. The Hall–Kier alpha value is -2.11. The number of aromatic amines is 1. The van der Waals surface area contributed by atoms with Gasteiger partial charge in [-0.3, -0.25) is 14.7 Å². The van der Waals surface area contributed by atoms with E-state index >= 15 is 0 Å². The minimum atomic E-state index is -0.239. The Morgan fingerprint density at radius 2 is 2.53 bits per heavy atom. The molecule has 2 amide bonds. The molecule has 1 aromatic rings. The predicted octanol–water partition coefficient (Wildman–Crippen LogP) is 0.103. The van der Waals surface area contributed by atoms with Crippen LogP contribution in [0.5, 0.6) is 0 Å². The van der Waals surface area contributed by atoms with Gasteiger partial charge in [0.2, 0.25) is 11.8 Å². The molecule has 6 heteroatoms. The number of nitrogens with one attached hydrogen (secondary N) is 2. The van der Waals surface area contributed by atoms with Crippen LogP contribution in [0.3, 0.4) is 0 Å². The average Bonchev–Trinajstić information content (AvgIpc) is 3.01. The van der Waals surface area contributed by atoms with E-state index in [1.165, 1.54) is 0 Å². The van der Waals surface area contributed by atoms with E-state index in [-0.39, 0.29) is 17.7 Å². The van der Waals surface area contributed by atoms with Gasteiger partial charge in [0.05, 0.1) is 12.1 Å². The second kappa shape index (κ2) is 6.17. The minimum absolute atomic E-state index is 0.0230. The van der Waals surface area contributed by atoms with Crippen LogP contribution in [0.4, 0.5) is 0 Å². The van der Waals surface area contributed by atoms with Gasteiger partial charge in [0.15, 0.2) is 0 Å². The van der Waals surface area contributed by atoms with Gasteiger partial charge in [-0.05, 0) is 12.0 Å². The van der Waals surface area contributed by atoms with E-state index in [2.05, 4.69) is 22.1 Å². The fraction of sp³-hybridized carbons (Fsp3) is 0.462. The highest BCUT2D eigenvalue weighted by molar-refractivity contribution is 5.89. The molecular formula is C13H18N4O2. The van der Waals surface area contributed by atoms with Crippen LogP contribution in [0.1, 0.15) is 12.0 Å². The number of carbonyl (C=O) groups is 2. The first-order valence-corrected chi connectivity index (χ1v) is 6.34. The summed E-state index contributed by atoms with van der Waals surface area (Å²) in [6.07, 6.45) is 6.25. The molecule has 1 aliphatic heterocycles. The number of likely N-dealkylation sites (tertiary alicyclic amines) is 1. The van der Waals surface area contributed by atoms with Crippen LogP contribution in [0.25, 0.3) is 0 Å². The zero-order valence-corrected chi connectivity index (χ0v) is 10.8. The van der Waals surface area contributed by atoms with Crippen LogP contribution >= 0.6 is 0 Å². The normalized spacial score (nSPS) is 18.6. The minimum Gasteiger partial charge on any atom is -0.355 e. The fourth-order valence-corrected chi connectivity index (χ4v) is 2.17. The number of rotatable bonds is 6. The lowest BCUT2D eigenvalue weighted by atomic mass is 10.1. The van der Waals surface area contributed by atoms with Crippen LogP contribution in [-0.4, -0.2) is 46.5 Å². The van der Waals surface area contributed by atoms with Gasteiger partial charge in [-0.15, -0.1) is 6.58 Å². The van der Waals surface area contributed by atoms with Crippen molar-refractivity contribution in [3.05, 3.63) is 30.6 Å². The second-order valence-corrected chi connectivity index (χ2v) is 4.64. The number of H-pyrrole nitrogens is 1.